The van der Waals surface area contributed by atoms with E-state index in [1.54, 1.807) is 6.20 Å². The molecule has 0 unspecified atom stereocenters. The number of nitrogens with one attached hydrogen (secondary N) is 1. The first-order valence-electron chi connectivity index (χ1n) is 9.70. The first-order chi connectivity index (χ1) is 14.3. The van der Waals surface area contributed by atoms with Gasteiger partial charge >= 0.3 is 6.18 Å². The molecule has 1 aliphatic heterocycles. The minimum Gasteiger partial charge on any atom is -0.356 e. The molecule has 1 N–H and O–H groups in total. The number of fused-ring (bicyclic) bond motifs is 1. The zero-order valence-corrected chi connectivity index (χ0v) is 16.4. The Morgan fingerprint density at radius 2 is 1.87 bits per heavy atom. The Morgan fingerprint density at radius 3 is 2.53 bits per heavy atom. The highest BCUT2D eigenvalue weighted by Crippen LogP contribution is 2.30. The van der Waals surface area contributed by atoms with Crippen LogP contribution in [0.15, 0.2) is 36.8 Å². The Hall–Kier alpha value is -3.17. The van der Waals surface area contributed by atoms with Crippen LogP contribution in [0.5, 0.6) is 0 Å². The fourth-order valence-corrected chi connectivity index (χ4v) is 3.55. The maximum atomic E-state index is 12.7. The van der Waals surface area contributed by atoms with Crippen LogP contribution in [0.2, 0.25) is 0 Å². The lowest BCUT2D eigenvalue weighted by Gasteiger charge is -2.31. The second-order valence-corrected chi connectivity index (χ2v) is 7.53. The van der Waals surface area contributed by atoms with E-state index in [9.17, 15) is 18.0 Å². The number of carbonyl (C=O) groups is 1. The minimum atomic E-state index is -4.42. The molecule has 1 saturated heterocycles. The lowest BCUT2D eigenvalue weighted by Crippen LogP contribution is -2.33. The van der Waals surface area contributed by atoms with Gasteiger partial charge in [0.15, 0.2) is 5.65 Å². The second-order valence-electron chi connectivity index (χ2n) is 7.53. The number of piperidine rings is 1. The summed E-state index contributed by atoms with van der Waals surface area (Å²) in [6, 6.07) is 4.30. The molecule has 0 spiro atoms. The highest BCUT2D eigenvalue weighted by molar-refractivity contribution is 5.92. The number of amides is 1. The molecule has 10 heteroatoms. The summed E-state index contributed by atoms with van der Waals surface area (Å²) >= 11 is 0. The van der Waals surface area contributed by atoms with Gasteiger partial charge in [-0.15, -0.1) is 0 Å². The van der Waals surface area contributed by atoms with Crippen LogP contribution >= 0.6 is 0 Å². The van der Waals surface area contributed by atoms with Crippen molar-refractivity contribution in [2.24, 2.45) is 5.92 Å². The molecule has 1 aromatic carbocycles. The molecule has 0 atom stereocenters. The number of carbonyl (C=O) groups excluding carboxylic acids is 1. The van der Waals surface area contributed by atoms with E-state index in [0.717, 1.165) is 49.3 Å². The molecule has 0 bridgehead atoms. The normalized spacial score (nSPS) is 15.5. The van der Waals surface area contributed by atoms with Crippen LogP contribution in [0.4, 0.5) is 24.7 Å². The Balaban J connectivity index is 1.47. The van der Waals surface area contributed by atoms with Gasteiger partial charge in [-0.2, -0.15) is 18.3 Å². The molecular formula is C20H21F3N6O. The quantitative estimate of drug-likeness (QED) is 0.699. The second kappa shape index (κ2) is 7.92. The van der Waals surface area contributed by atoms with Crippen LogP contribution in [0, 0.1) is 5.92 Å². The zero-order chi connectivity index (χ0) is 21.3. The lowest BCUT2D eigenvalue weighted by molar-refractivity contribution is -0.137. The molecule has 3 heterocycles. The molecule has 4 rings (SSSR count). The number of hydrogen-bond donors (Lipinski definition) is 1. The summed E-state index contributed by atoms with van der Waals surface area (Å²) in [5.41, 5.74) is 0.0540. The zero-order valence-electron chi connectivity index (χ0n) is 16.4. The van der Waals surface area contributed by atoms with Gasteiger partial charge in [-0.25, -0.2) is 14.6 Å². The number of nitrogens with zero attached hydrogens (tertiary/aromatic N) is 5. The van der Waals surface area contributed by atoms with E-state index in [2.05, 4.69) is 32.2 Å². The summed E-state index contributed by atoms with van der Waals surface area (Å²) in [6.45, 7) is 3.94. The van der Waals surface area contributed by atoms with E-state index in [0.29, 0.717) is 11.6 Å². The third-order valence-corrected chi connectivity index (χ3v) is 5.29. The van der Waals surface area contributed by atoms with E-state index >= 15 is 0 Å². The Bertz CT molecular complexity index is 1040. The maximum Gasteiger partial charge on any atom is 0.416 e. The Labute approximate surface area is 170 Å². The molecular weight excluding hydrogens is 397 g/mol. The van der Waals surface area contributed by atoms with E-state index in [4.69, 9.17) is 0 Å². The summed E-state index contributed by atoms with van der Waals surface area (Å²) in [6.07, 6.45) is 0.875. The van der Waals surface area contributed by atoms with Gasteiger partial charge in [0.05, 0.1) is 17.1 Å². The minimum absolute atomic E-state index is 0.113. The van der Waals surface area contributed by atoms with Crippen LogP contribution in [0.1, 0.15) is 25.3 Å². The van der Waals surface area contributed by atoms with Crippen molar-refractivity contribution < 1.29 is 18.0 Å². The summed E-state index contributed by atoms with van der Waals surface area (Å²) in [4.78, 5) is 23.3. The molecule has 2 aromatic heterocycles. The van der Waals surface area contributed by atoms with E-state index < -0.39 is 17.6 Å². The fourth-order valence-electron chi connectivity index (χ4n) is 3.55. The van der Waals surface area contributed by atoms with Gasteiger partial charge in [0.2, 0.25) is 5.91 Å². The number of alkyl halides is 3. The van der Waals surface area contributed by atoms with Crippen LogP contribution in [0.3, 0.4) is 0 Å². The third kappa shape index (κ3) is 4.22. The van der Waals surface area contributed by atoms with Gasteiger partial charge in [0, 0.05) is 18.8 Å². The predicted molar refractivity (Wildman–Crippen MR) is 106 cm³/mol. The van der Waals surface area contributed by atoms with Gasteiger partial charge in [0.1, 0.15) is 18.7 Å². The summed E-state index contributed by atoms with van der Waals surface area (Å²) in [5, 5.41) is 7.63. The fraction of sp³-hybridized carbons (Fsp3) is 0.400. The number of hydrogen-bond acceptors (Lipinski definition) is 5. The molecule has 1 aliphatic rings. The molecule has 1 fully saturated rings. The van der Waals surface area contributed by atoms with E-state index in [-0.39, 0.29) is 12.2 Å². The molecule has 30 heavy (non-hydrogen) atoms. The number of halogens is 3. The van der Waals surface area contributed by atoms with Gasteiger partial charge in [-0.3, -0.25) is 4.79 Å². The smallest absolute Gasteiger partial charge is 0.356 e. The SMILES string of the molecule is CC1CCN(c2ncnc3c2cnn3CC(=O)Nc2ccc(C(F)(F)F)cc2)CC1. The van der Waals surface area contributed by atoms with Crippen molar-refractivity contribution in [1.29, 1.82) is 0 Å². The molecule has 1 amide bonds. The lowest BCUT2D eigenvalue weighted by atomic mass is 9.99. The van der Waals surface area contributed by atoms with E-state index in [1.165, 1.54) is 23.1 Å². The van der Waals surface area contributed by atoms with Crippen LogP contribution < -0.4 is 10.2 Å². The highest BCUT2D eigenvalue weighted by Gasteiger charge is 2.30. The summed E-state index contributed by atoms with van der Waals surface area (Å²) in [7, 11) is 0. The molecule has 158 valence electrons. The monoisotopic (exact) mass is 418 g/mol. The number of benzene rings is 1. The van der Waals surface area contributed by atoms with Crippen molar-refractivity contribution in [3.8, 4) is 0 Å². The van der Waals surface area contributed by atoms with Crippen LogP contribution in [-0.2, 0) is 17.5 Å². The van der Waals surface area contributed by atoms with Crippen molar-refractivity contribution in [1.82, 2.24) is 19.7 Å². The van der Waals surface area contributed by atoms with Gasteiger partial charge in [-0.1, -0.05) is 6.92 Å². The molecule has 0 saturated carbocycles. The molecule has 3 aromatic rings. The van der Waals surface area contributed by atoms with Crippen molar-refractivity contribution in [2.75, 3.05) is 23.3 Å². The maximum absolute atomic E-state index is 12.7. The Morgan fingerprint density at radius 1 is 1.17 bits per heavy atom. The van der Waals surface area contributed by atoms with E-state index in [1.807, 2.05) is 0 Å². The number of aromatic nitrogens is 4. The standard InChI is InChI=1S/C20H21F3N6O/c1-13-6-8-28(9-7-13)18-16-10-26-29(19(16)25-12-24-18)11-17(30)27-15-4-2-14(3-5-15)20(21,22)23/h2-5,10,12-13H,6-9,11H2,1H3,(H,27,30). The van der Waals surface area contributed by atoms with Crippen molar-refractivity contribution in [3.05, 3.63) is 42.4 Å². The van der Waals surface area contributed by atoms with Gasteiger partial charge in [-0.05, 0) is 43.0 Å². The van der Waals surface area contributed by atoms with Crippen molar-refractivity contribution in [2.45, 2.75) is 32.5 Å². The largest absolute Gasteiger partial charge is 0.416 e. The first kappa shape index (κ1) is 20.1. The summed E-state index contributed by atoms with van der Waals surface area (Å²) in [5.74, 6) is 1.09. The van der Waals surface area contributed by atoms with Crippen LogP contribution in [-0.4, -0.2) is 38.7 Å². The first-order valence-corrected chi connectivity index (χ1v) is 9.70. The topological polar surface area (TPSA) is 75.9 Å². The average molecular weight is 418 g/mol. The summed E-state index contributed by atoms with van der Waals surface area (Å²) < 4.78 is 39.4. The average Bonchev–Trinajstić information content (AvgIpc) is 3.11. The molecule has 7 nitrogen and oxygen atoms in total. The Kier molecular flexibility index (Phi) is 5.31. The molecule has 0 aliphatic carbocycles. The molecule has 0 radical (unpaired) electrons. The van der Waals surface area contributed by atoms with Crippen molar-refractivity contribution >= 4 is 28.4 Å². The number of anilines is 2. The third-order valence-electron chi connectivity index (χ3n) is 5.29. The highest BCUT2D eigenvalue weighted by atomic mass is 19.4. The number of rotatable bonds is 4. The van der Waals surface area contributed by atoms with Gasteiger partial charge < -0.3 is 10.2 Å². The predicted octanol–water partition coefficient (Wildman–Crippen LogP) is 3.72. The van der Waals surface area contributed by atoms with Crippen LogP contribution in [0.25, 0.3) is 11.0 Å². The van der Waals surface area contributed by atoms with Gasteiger partial charge in [0.25, 0.3) is 0 Å². The van der Waals surface area contributed by atoms with Crippen molar-refractivity contribution in [3.63, 3.8) is 0 Å².